The van der Waals surface area contributed by atoms with Gasteiger partial charge in [-0.2, -0.15) is 0 Å². The van der Waals surface area contributed by atoms with Gasteiger partial charge >= 0.3 is 0 Å². The maximum atomic E-state index is 13.6. The van der Waals surface area contributed by atoms with Gasteiger partial charge in [-0.05, 0) is 18.6 Å². The number of unbranched alkanes of at least 4 members (excludes halogenated alkanes) is 1. The summed E-state index contributed by atoms with van der Waals surface area (Å²) in [4.78, 5) is 2.09. The third kappa shape index (κ3) is 2.92. The Balaban J connectivity index is 3.02. The van der Waals surface area contributed by atoms with Crippen LogP contribution in [0.3, 0.4) is 0 Å². The molecule has 0 unspecified atom stereocenters. The van der Waals surface area contributed by atoms with Gasteiger partial charge in [-0.25, -0.2) is 4.39 Å². The van der Waals surface area contributed by atoms with E-state index in [9.17, 15) is 4.39 Å². The van der Waals surface area contributed by atoms with Crippen molar-refractivity contribution in [2.45, 2.75) is 19.8 Å². The summed E-state index contributed by atoms with van der Waals surface area (Å²) in [5, 5.41) is 0. The Bertz CT molecular complexity index is 379. The topological polar surface area (TPSA) is 29.3 Å². The molecule has 4 heteroatoms. The molecule has 2 nitrogen and oxygen atoms in total. The monoisotopic (exact) mass is 240 g/mol. The lowest BCUT2D eigenvalue weighted by Gasteiger charge is -2.22. The molecule has 1 rings (SSSR count). The van der Waals surface area contributed by atoms with E-state index < -0.39 is 0 Å². The van der Waals surface area contributed by atoms with E-state index in [1.807, 2.05) is 18.0 Å². The molecular weight excluding hydrogens is 223 g/mol. The molecule has 1 aromatic carbocycles. The highest BCUT2D eigenvalue weighted by Crippen LogP contribution is 2.22. The molecule has 0 saturated heterocycles. The maximum absolute atomic E-state index is 13.6. The Morgan fingerprint density at radius 1 is 1.50 bits per heavy atom. The van der Waals surface area contributed by atoms with Gasteiger partial charge in [0.1, 0.15) is 10.8 Å². The van der Waals surface area contributed by atoms with Gasteiger partial charge in [0.15, 0.2) is 0 Å². The summed E-state index contributed by atoms with van der Waals surface area (Å²) in [5.74, 6) is -0.353. The van der Waals surface area contributed by atoms with Crippen molar-refractivity contribution in [2.24, 2.45) is 5.73 Å². The first kappa shape index (κ1) is 12.9. The van der Waals surface area contributed by atoms with E-state index in [1.54, 1.807) is 6.07 Å². The van der Waals surface area contributed by atoms with Crippen LogP contribution in [0.2, 0.25) is 0 Å². The predicted octanol–water partition coefficient (Wildman–Crippen LogP) is 2.70. The smallest absolute Gasteiger partial charge is 0.135 e. The summed E-state index contributed by atoms with van der Waals surface area (Å²) < 4.78 is 13.6. The fourth-order valence-electron chi connectivity index (χ4n) is 1.59. The van der Waals surface area contributed by atoms with Crippen LogP contribution in [0, 0.1) is 5.82 Å². The van der Waals surface area contributed by atoms with Gasteiger partial charge in [0.25, 0.3) is 0 Å². The molecule has 16 heavy (non-hydrogen) atoms. The lowest BCUT2D eigenvalue weighted by molar-refractivity contribution is 0.624. The van der Waals surface area contributed by atoms with Crippen LogP contribution >= 0.6 is 12.2 Å². The molecule has 0 bridgehead atoms. The number of hydrogen-bond acceptors (Lipinski definition) is 2. The molecule has 0 aliphatic carbocycles. The molecule has 0 amide bonds. The van der Waals surface area contributed by atoms with Crippen molar-refractivity contribution < 1.29 is 4.39 Å². The standard InChI is InChI=1S/C12H17FN2S/c1-3-4-8-15(2)10-7-5-6-9(13)11(10)12(14)16/h5-7H,3-4,8H2,1-2H3,(H2,14,16). The molecule has 0 aliphatic rings. The number of thiocarbonyl (C=S) groups is 1. The predicted molar refractivity (Wildman–Crippen MR) is 70.5 cm³/mol. The zero-order valence-electron chi connectivity index (χ0n) is 9.66. The number of halogens is 1. The molecule has 0 spiro atoms. The van der Waals surface area contributed by atoms with Gasteiger partial charge in [0.2, 0.25) is 0 Å². The van der Waals surface area contributed by atoms with Crippen LogP contribution in [0.1, 0.15) is 25.3 Å². The van der Waals surface area contributed by atoms with E-state index >= 15 is 0 Å². The first-order valence-corrected chi connectivity index (χ1v) is 5.78. The number of nitrogens with zero attached hydrogens (tertiary/aromatic N) is 1. The molecule has 2 N–H and O–H groups in total. The largest absolute Gasteiger partial charge is 0.389 e. The highest BCUT2D eigenvalue weighted by atomic mass is 32.1. The van der Waals surface area contributed by atoms with Crippen LogP contribution in [0.25, 0.3) is 0 Å². The number of rotatable bonds is 5. The minimum Gasteiger partial charge on any atom is -0.389 e. The summed E-state index contributed by atoms with van der Waals surface area (Å²) in [6.45, 7) is 2.99. The Hall–Kier alpha value is -1.16. The Morgan fingerprint density at radius 3 is 2.75 bits per heavy atom. The Kier molecular flexibility index (Phi) is 4.68. The molecule has 88 valence electrons. The number of hydrogen-bond donors (Lipinski definition) is 1. The number of nitrogens with two attached hydrogens (primary N) is 1. The highest BCUT2D eigenvalue weighted by molar-refractivity contribution is 7.80. The number of benzene rings is 1. The first-order chi connectivity index (χ1) is 7.57. The summed E-state index contributed by atoms with van der Waals surface area (Å²) in [7, 11) is 1.92. The molecule has 0 aromatic heterocycles. The molecular formula is C12H17FN2S. The van der Waals surface area contributed by atoms with Crippen molar-refractivity contribution in [1.82, 2.24) is 0 Å². The maximum Gasteiger partial charge on any atom is 0.135 e. The van der Waals surface area contributed by atoms with Gasteiger partial charge in [-0.1, -0.05) is 31.6 Å². The first-order valence-electron chi connectivity index (χ1n) is 5.37. The molecule has 0 fully saturated rings. The van der Waals surface area contributed by atoms with E-state index in [4.69, 9.17) is 18.0 Å². The lowest BCUT2D eigenvalue weighted by Crippen LogP contribution is -2.23. The van der Waals surface area contributed by atoms with Gasteiger partial charge in [-0.3, -0.25) is 0 Å². The average Bonchev–Trinajstić information content (AvgIpc) is 2.24. The molecule has 0 atom stereocenters. The van der Waals surface area contributed by atoms with Crippen molar-refractivity contribution in [1.29, 1.82) is 0 Å². The molecule has 0 radical (unpaired) electrons. The molecule has 1 aromatic rings. The van der Waals surface area contributed by atoms with Crippen molar-refractivity contribution in [3.8, 4) is 0 Å². The van der Waals surface area contributed by atoms with Gasteiger partial charge in [0, 0.05) is 19.3 Å². The number of anilines is 1. The molecule has 0 heterocycles. The van der Waals surface area contributed by atoms with Crippen molar-refractivity contribution in [3.63, 3.8) is 0 Å². The van der Waals surface area contributed by atoms with E-state index in [1.165, 1.54) is 6.07 Å². The van der Waals surface area contributed by atoms with Crippen LogP contribution in [0.15, 0.2) is 18.2 Å². The second-order valence-electron chi connectivity index (χ2n) is 3.77. The van der Waals surface area contributed by atoms with Crippen LogP contribution in [0.5, 0.6) is 0 Å². The minimum absolute atomic E-state index is 0.108. The second kappa shape index (κ2) is 5.80. The molecule has 0 aliphatic heterocycles. The van der Waals surface area contributed by atoms with Crippen molar-refractivity contribution in [3.05, 3.63) is 29.6 Å². The summed E-state index contributed by atoms with van der Waals surface area (Å²) >= 11 is 4.88. The summed E-state index contributed by atoms with van der Waals surface area (Å²) in [6, 6.07) is 4.90. The van der Waals surface area contributed by atoms with Crippen LogP contribution in [-0.4, -0.2) is 18.6 Å². The quantitative estimate of drug-likeness (QED) is 0.802. The summed E-state index contributed by atoms with van der Waals surface area (Å²) in [5.41, 5.74) is 6.66. The third-order valence-corrected chi connectivity index (χ3v) is 2.70. The highest BCUT2D eigenvalue weighted by Gasteiger charge is 2.13. The van der Waals surface area contributed by atoms with Gasteiger partial charge in [0.05, 0.1) is 5.56 Å². The van der Waals surface area contributed by atoms with E-state index in [-0.39, 0.29) is 10.8 Å². The minimum atomic E-state index is -0.353. The van der Waals surface area contributed by atoms with Crippen LogP contribution < -0.4 is 10.6 Å². The fraction of sp³-hybridized carbons (Fsp3) is 0.417. The van der Waals surface area contributed by atoms with Crippen LogP contribution in [-0.2, 0) is 0 Å². The summed E-state index contributed by atoms with van der Waals surface area (Å²) in [6.07, 6.45) is 2.16. The van der Waals surface area contributed by atoms with Gasteiger partial charge < -0.3 is 10.6 Å². The second-order valence-corrected chi connectivity index (χ2v) is 4.21. The van der Waals surface area contributed by atoms with Crippen molar-refractivity contribution >= 4 is 22.9 Å². The molecule has 0 saturated carbocycles. The average molecular weight is 240 g/mol. The van der Waals surface area contributed by atoms with Gasteiger partial charge in [-0.15, -0.1) is 0 Å². The zero-order valence-corrected chi connectivity index (χ0v) is 10.5. The Labute approximate surface area is 101 Å². The Morgan fingerprint density at radius 2 is 2.19 bits per heavy atom. The zero-order chi connectivity index (χ0) is 12.1. The van der Waals surface area contributed by atoms with E-state index in [0.717, 1.165) is 25.1 Å². The SMILES string of the molecule is CCCCN(C)c1cccc(F)c1C(N)=S. The van der Waals surface area contributed by atoms with E-state index in [0.29, 0.717) is 5.56 Å². The van der Waals surface area contributed by atoms with E-state index in [2.05, 4.69) is 6.92 Å². The van der Waals surface area contributed by atoms with Crippen molar-refractivity contribution in [2.75, 3.05) is 18.5 Å². The normalized spacial score (nSPS) is 10.2. The van der Waals surface area contributed by atoms with Crippen LogP contribution in [0.4, 0.5) is 10.1 Å². The fourth-order valence-corrected chi connectivity index (χ4v) is 1.79. The third-order valence-electron chi connectivity index (χ3n) is 2.50. The lowest BCUT2D eigenvalue weighted by atomic mass is 10.1.